The van der Waals surface area contributed by atoms with Crippen LogP contribution in [0.4, 0.5) is 5.82 Å². The molecular formula is C10H12BrN5. The molecule has 0 saturated heterocycles. The lowest BCUT2D eigenvalue weighted by molar-refractivity contribution is 0.805. The molecule has 0 amide bonds. The Labute approximate surface area is 102 Å². The van der Waals surface area contributed by atoms with Crippen LogP contribution >= 0.6 is 15.9 Å². The fourth-order valence-corrected chi connectivity index (χ4v) is 1.65. The molecule has 0 aliphatic heterocycles. The molecule has 5 nitrogen and oxygen atoms in total. The second-order valence-electron chi connectivity index (χ2n) is 3.43. The van der Waals surface area contributed by atoms with Crippen LogP contribution in [0, 0.1) is 6.92 Å². The Morgan fingerprint density at radius 2 is 2.19 bits per heavy atom. The molecule has 0 unspecified atom stereocenters. The number of nitrogens with two attached hydrogens (primary N) is 1. The van der Waals surface area contributed by atoms with Crippen LogP contribution < -0.4 is 5.73 Å². The summed E-state index contributed by atoms with van der Waals surface area (Å²) in [5.74, 6) is 1.97. The summed E-state index contributed by atoms with van der Waals surface area (Å²) >= 11 is 3.35. The van der Waals surface area contributed by atoms with Crippen molar-refractivity contribution in [2.24, 2.45) is 0 Å². The second kappa shape index (κ2) is 4.21. The standard InChI is InChI=1S/C10H12BrN5/c1-3-8-14-9(12)6(2)10(15-8)16-5-7(11)4-13-16/h4-5H,3H2,1-2H3,(H2,12,14,15). The summed E-state index contributed by atoms with van der Waals surface area (Å²) in [7, 11) is 0. The van der Waals surface area contributed by atoms with Gasteiger partial charge >= 0.3 is 0 Å². The van der Waals surface area contributed by atoms with E-state index in [0.717, 1.165) is 28.1 Å². The van der Waals surface area contributed by atoms with Crippen molar-refractivity contribution in [3.8, 4) is 5.82 Å². The zero-order valence-corrected chi connectivity index (χ0v) is 10.7. The molecule has 0 saturated carbocycles. The van der Waals surface area contributed by atoms with E-state index in [9.17, 15) is 0 Å². The van der Waals surface area contributed by atoms with Crippen molar-refractivity contribution < 1.29 is 0 Å². The number of rotatable bonds is 2. The van der Waals surface area contributed by atoms with Gasteiger partial charge in [0, 0.05) is 18.2 Å². The Bertz CT molecular complexity index is 520. The molecule has 16 heavy (non-hydrogen) atoms. The van der Waals surface area contributed by atoms with Gasteiger partial charge in [-0.15, -0.1) is 0 Å². The zero-order chi connectivity index (χ0) is 11.7. The van der Waals surface area contributed by atoms with Gasteiger partial charge in [0.15, 0.2) is 5.82 Å². The number of hydrogen-bond acceptors (Lipinski definition) is 4. The van der Waals surface area contributed by atoms with Crippen molar-refractivity contribution in [2.75, 3.05) is 5.73 Å². The molecule has 0 aliphatic rings. The number of nitrogens with zero attached hydrogens (tertiary/aromatic N) is 4. The summed E-state index contributed by atoms with van der Waals surface area (Å²) in [5.41, 5.74) is 6.68. The van der Waals surface area contributed by atoms with E-state index in [1.807, 2.05) is 20.0 Å². The van der Waals surface area contributed by atoms with Gasteiger partial charge in [-0.3, -0.25) is 0 Å². The lowest BCUT2D eigenvalue weighted by Crippen LogP contribution is -2.09. The summed E-state index contributed by atoms with van der Waals surface area (Å²) in [6, 6.07) is 0. The number of aromatic nitrogens is 4. The summed E-state index contributed by atoms with van der Waals surface area (Å²) < 4.78 is 2.60. The predicted molar refractivity (Wildman–Crippen MR) is 65.4 cm³/mol. The topological polar surface area (TPSA) is 69.6 Å². The third kappa shape index (κ3) is 1.92. The summed E-state index contributed by atoms with van der Waals surface area (Å²) in [4.78, 5) is 8.62. The smallest absolute Gasteiger partial charge is 0.162 e. The molecule has 0 fully saturated rings. The normalized spacial score (nSPS) is 10.7. The molecule has 84 valence electrons. The third-order valence-electron chi connectivity index (χ3n) is 2.29. The Balaban J connectivity index is 2.59. The first-order valence-corrected chi connectivity index (χ1v) is 5.74. The molecule has 2 heterocycles. The second-order valence-corrected chi connectivity index (χ2v) is 4.35. The van der Waals surface area contributed by atoms with Gasteiger partial charge in [0.05, 0.1) is 10.7 Å². The van der Waals surface area contributed by atoms with Crippen molar-refractivity contribution in [2.45, 2.75) is 20.3 Å². The average Bonchev–Trinajstić information content (AvgIpc) is 2.68. The lowest BCUT2D eigenvalue weighted by atomic mass is 10.3. The first-order valence-electron chi connectivity index (χ1n) is 4.95. The van der Waals surface area contributed by atoms with Crippen LogP contribution in [-0.4, -0.2) is 19.7 Å². The minimum absolute atomic E-state index is 0.508. The van der Waals surface area contributed by atoms with E-state index in [4.69, 9.17) is 5.73 Å². The SMILES string of the molecule is CCc1nc(N)c(C)c(-n2cc(Br)cn2)n1. The van der Waals surface area contributed by atoms with E-state index >= 15 is 0 Å². The van der Waals surface area contributed by atoms with Crippen LogP contribution in [0.25, 0.3) is 5.82 Å². The van der Waals surface area contributed by atoms with Gasteiger partial charge in [0.25, 0.3) is 0 Å². The molecule has 6 heteroatoms. The predicted octanol–water partition coefficient (Wildman–Crippen LogP) is 1.88. The summed E-state index contributed by atoms with van der Waals surface area (Å²) in [5, 5.41) is 4.19. The van der Waals surface area contributed by atoms with Gasteiger partial charge in [0.2, 0.25) is 0 Å². The Kier molecular flexibility index (Phi) is 2.91. The molecular weight excluding hydrogens is 270 g/mol. The van der Waals surface area contributed by atoms with Gasteiger partial charge in [-0.25, -0.2) is 14.6 Å². The molecule has 0 bridgehead atoms. The van der Waals surface area contributed by atoms with E-state index in [0.29, 0.717) is 5.82 Å². The third-order valence-corrected chi connectivity index (χ3v) is 2.70. The monoisotopic (exact) mass is 281 g/mol. The van der Waals surface area contributed by atoms with Gasteiger partial charge in [0.1, 0.15) is 11.6 Å². The molecule has 2 N–H and O–H groups in total. The number of halogens is 1. The maximum absolute atomic E-state index is 5.84. The van der Waals surface area contributed by atoms with Crippen LogP contribution in [0.2, 0.25) is 0 Å². The van der Waals surface area contributed by atoms with Crippen molar-refractivity contribution in [1.29, 1.82) is 0 Å². The summed E-state index contributed by atoms with van der Waals surface area (Å²) in [6.07, 6.45) is 4.30. The fraction of sp³-hybridized carbons (Fsp3) is 0.300. The quantitative estimate of drug-likeness (QED) is 0.913. The fourth-order valence-electron chi connectivity index (χ4n) is 1.37. The minimum Gasteiger partial charge on any atom is -0.383 e. The van der Waals surface area contributed by atoms with E-state index in [1.165, 1.54) is 0 Å². The van der Waals surface area contributed by atoms with E-state index < -0.39 is 0 Å². The average molecular weight is 282 g/mol. The lowest BCUT2D eigenvalue weighted by Gasteiger charge is -2.08. The Hall–Kier alpha value is -1.43. The summed E-state index contributed by atoms with van der Waals surface area (Å²) in [6.45, 7) is 3.88. The maximum Gasteiger partial charge on any atom is 0.162 e. The molecule has 0 aliphatic carbocycles. The number of aryl methyl sites for hydroxylation is 1. The van der Waals surface area contributed by atoms with Crippen molar-refractivity contribution >= 4 is 21.7 Å². The number of nitrogen functional groups attached to an aromatic ring is 1. The highest BCUT2D eigenvalue weighted by Crippen LogP contribution is 2.18. The minimum atomic E-state index is 0.508. The highest BCUT2D eigenvalue weighted by molar-refractivity contribution is 9.10. The van der Waals surface area contributed by atoms with Crippen LogP contribution in [0.15, 0.2) is 16.9 Å². The van der Waals surface area contributed by atoms with Crippen LogP contribution in [-0.2, 0) is 6.42 Å². The molecule has 0 radical (unpaired) electrons. The van der Waals surface area contributed by atoms with Gasteiger partial charge in [-0.1, -0.05) is 6.92 Å². The zero-order valence-electron chi connectivity index (χ0n) is 9.11. The largest absolute Gasteiger partial charge is 0.383 e. The highest BCUT2D eigenvalue weighted by atomic mass is 79.9. The molecule has 0 atom stereocenters. The molecule has 2 rings (SSSR count). The maximum atomic E-state index is 5.84. The van der Waals surface area contributed by atoms with Crippen LogP contribution in [0.3, 0.4) is 0 Å². The molecule has 2 aromatic rings. The van der Waals surface area contributed by atoms with Gasteiger partial charge in [-0.2, -0.15) is 5.10 Å². The van der Waals surface area contributed by atoms with Gasteiger partial charge in [-0.05, 0) is 22.9 Å². The molecule has 2 aromatic heterocycles. The van der Waals surface area contributed by atoms with Crippen LogP contribution in [0.1, 0.15) is 18.3 Å². The molecule has 0 spiro atoms. The number of anilines is 1. The molecule has 0 aromatic carbocycles. The Morgan fingerprint density at radius 1 is 1.44 bits per heavy atom. The van der Waals surface area contributed by atoms with E-state index in [1.54, 1.807) is 10.9 Å². The number of hydrogen-bond donors (Lipinski definition) is 1. The van der Waals surface area contributed by atoms with Crippen molar-refractivity contribution in [3.05, 3.63) is 28.3 Å². The van der Waals surface area contributed by atoms with Crippen molar-refractivity contribution in [1.82, 2.24) is 19.7 Å². The van der Waals surface area contributed by atoms with Crippen molar-refractivity contribution in [3.63, 3.8) is 0 Å². The Morgan fingerprint density at radius 3 is 2.75 bits per heavy atom. The first kappa shape index (κ1) is 11.1. The van der Waals surface area contributed by atoms with E-state index in [-0.39, 0.29) is 0 Å². The van der Waals surface area contributed by atoms with E-state index in [2.05, 4.69) is 31.0 Å². The highest BCUT2D eigenvalue weighted by Gasteiger charge is 2.10. The first-order chi connectivity index (χ1) is 7.61. The van der Waals surface area contributed by atoms with Gasteiger partial charge < -0.3 is 5.73 Å². The van der Waals surface area contributed by atoms with Crippen LogP contribution in [0.5, 0.6) is 0 Å².